The number of alkyl halides is 3. The summed E-state index contributed by atoms with van der Waals surface area (Å²) in [5.74, 6) is -1.12. The van der Waals surface area contributed by atoms with Crippen molar-refractivity contribution in [2.45, 2.75) is 12.6 Å². The second-order valence-electron chi connectivity index (χ2n) is 5.25. The zero-order valence-electron chi connectivity index (χ0n) is 12.0. The van der Waals surface area contributed by atoms with Crippen molar-refractivity contribution in [2.24, 2.45) is 0 Å². The van der Waals surface area contributed by atoms with E-state index in [4.69, 9.17) is 16.7 Å². The minimum absolute atomic E-state index is 0.00363. The molecule has 0 radical (unpaired) electrons. The molecule has 0 fully saturated rings. The quantitative estimate of drug-likeness (QED) is 0.726. The predicted octanol–water partition coefficient (Wildman–Crippen LogP) is 4.52. The molecule has 0 spiro atoms. The predicted molar refractivity (Wildman–Crippen MR) is 82.3 cm³/mol. The Labute approximate surface area is 138 Å². The molecule has 0 aliphatic heterocycles. The lowest BCUT2D eigenvalue weighted by atomic mass is 10.1. The van der Waals surface area contributed by atoms with Gasteiger partial charge in [0, 0.05) is 17.5 Å². The Morgan fingerprint density at radius 1 is 1.25 bits per heavy atom. The van der Waals surface area contributed by atoms with Crippen molar-refractivity contribution in [3.8, 4) is 0 Å². The van der Waals surface area contributed by atoms with E-state index in [-0.39, 0.29) is 10.6 Å². The second kappa shape index (κ2) is 5.83. The van der Waals surface area contributed by atoms with Crippen LogP contribution in [-0.4, -0.2) is 21.0 Å². The molecule has 8 heteroatoms. The van der Waals surface area contributed by atoms with Gasteiger partial charge in [-0.25, -0.2) is 9.78 Å². The minimum atomic E-state index is -4.49. The Bertz CT molecular complexity index is 935. The first kappa shape index (κ1) is 16.3. The minimum Gasteiger partial charge on any atom is -0.478 e. The molecule has 0 saturated heterocycles. The summed E-state index contributed by atoms with van der Waals surface area (Å²) in [5, 5.41) is 9.46. The first-order valence-corrected chi connectivity index (χ1v) is 7.18. The Hall–Kier alpha value is -2.54. The Morgan fingerprint density at radius 3 is 2.62 bits per heavy atom. The van der Waals surface area contributed by atoms with Gasteiger partial charge >= 0.3 is 12.1 Å². The number of carboxylic acids is 1. The molecule has 0 aliphatic rings. The number of rotatable bonds is 3. The zero-order chi connectivity index (χ0) is 17.5. The topological polar surface area (TPSA) is 66.0 Å². The third-order valence-corrected chi connectivity index (χ3v) is 3.82. The summed E-state index contributed by atoms with van der Waals surface area (Å²) in [4.78, 5) is 17.3. The van der Waals surface area contributed by atoms with Crippen LogP contribution in [0.4, 0.5) is 13.2 Å². The van der Waals surface area contributed by atoms with E-state index in [0.717, 1.165) is 17.8 Å². The molecule has 2 heterocycles. The van der Waals surface area contributed by atoms with E-state index >= 15 is 0 Å². The van der Waals surface area contributed by atoms with Gasteiger partial charge in [0.2, 0.25) is 0 Å². The van der Waals surface area contributed by atoms with E-state index in [1.807, 2.05) is 0 Å². The zero-order valence-corrected chi connectivity index (χ0v) is 12.7. The molecule has 0 unspecified atom stereocenters. The summed E-state index contributed by atoms with van der Waals surface area (Å²) in [5.41, 5.74) is 0.947. The fraction of sp³-hybridized carbons (Fsp3) is 0.125. The number of pyridine rings is 1. The van der Waals surface area contributed by atoms with Crippen LogP contribution in [0.25, 0.3) is 10.9 Å². The number of aromatic amines is 1. The molecule has 0 aliphatic carbocycles. The Balaban J connectivity index is 1.90. The van der Waals surface area contributed by atoms with Crippen LogP contribution in [0.3, 0.4) is 0 Å². The third kappa shape index (κ3) is 3.21. The number of hydrogen-bond acceptors (Lipinski definition) is 2. The van der Waals surface area contributed by atoms with Gasteiger partial charge in [0.25, 0.3) is 0 Å². The van der Waals surface area contributed by atoms with Crippen molar-refractivity contribution in [3.05, 3.63) is 64.1 Å². The van der Waals surface area contributed by atoms with Crippen molar-refractivity contribution < 1.29 is 23.1 Å². The summed E-state index contributed by atoms with van der Waals surface area (Å²) in [6, 6.07) is 7.11. The molecule has 4 nitrogen and oxygen atoms in total. The normalized spacial score (nSPS) is 11.8. The van der Waals surface area contributed by atoms with Crippen LogP contribution in [0.5, 0.6) is 0 Å². The number of carboxylic acid groups (broad SMARTS) is 1. The maximum atomic E-state index is 12.7. The van der Waals surface area contributed by atoms with Gasteiger partial charge in [-0.1, -0.05) is 17.7 Å². The Kier molecular flexibility index (Phi) is 3.96. The number of aromatic nitrogens is 2. The Morgan fingerprint density at radius 2 is 2.00 bits per heavy atom. The third-order valence-electron chi connectivity index (χ3n) is 3.51. The lowest BCUT2D eigenvalue weighted by molar-refractivity contribution is -0.141. The van der Waals surface area contributed by atoms with E-state index < -0.39 is 17.8 Å². The lowest BCUT2D eigenvalue weighted by Gasteiger charge is -2.04. The summed E-state index contributed by atoms with van der Waals surface area (Å²) in [7, 11) is 0. The molecule has 2 N–H and O–H groups in total. The molecular formula is C16H10ClF3N2O2. The number of aromatic carboxylic acids is 1. The summed E-state index contributed by atoms with van der Waals surface area (Å²) < 4.78 is 38.0. The SMILES string of the molecule is O=C(O)c1ccc(Cc2cc3cc(C(F)(F)F)ncc3[nH]2)cc1Cl. The van der Waals surface area contributed by atoms with Crippen LogP contribution in [0.15, 0.2) is 36.5 Å². The van der Waals surface area contributed by atoms with Crippen LogP contribution >= 0.6 is 11.6 Å². The van der Waals surface area contributed by atoms with Gasteiger partial charge < -0.3 is 10.1 Å². The number of H-pyrrole nitrogens is 1. The molecule has 124 valence electrons. The number of benzene rings is 1. The van der Waals surface area contributed by atoms with E-state index in [1.54, 1.807) is 12.1 Å². The first-order chi connectivity index (χ1) is 11.2. The fourth-order valence-corrected chi connectivity index (χ4v) is 2.69. The number of nitrogens with zero attached hydrogens (tertiary/aromatic N) is 1. The van der Waals surface area contributed by atoms with E-state index in [1.165, 1.54) is 12.1 Å². The lowest BCUT2D eigenvalue weighted by Crippen LogP contribution is -2.06. The van der Waals surface area contributed by atoms with Gasteiger partial charge in [0.15, 0.2) is 0 Å². The van der Waals surface area contributed by atoms with Crippen LogP contribution in [0.2, 0.25) is 5.02 Å². The van der Waals surface area contributed by atoms with Crippen molar-refractivity contribution in [1.82, 2.24) is 9.97 Å². The monoisotopic (exact) mass is 354 g/mol. The van der Waals surface area contributed by atoms with E-state index in [9.17, 15) is 18.0 Å². The van der Waals surface area contributed by atoms with E-state index in [2.05, 4.69) is 9.97 Å². The van der Waals surface area contributed by atoms with Crippen molar-refractivity contribution >= 4 is 28.5 Å². The molecule has 2 aromatic heterocycles. The number of carbonyl (C=O) groups is 1. The molecular weight excluding hydrogens is 345 g/mol. The van der Waals surface area contributed by atoms with Crippen molar-refractivity contribution in [1.29, 1.82) is 0 Å². The number of hydrogen-bond donors (Lipinski definition) is 2. The summed E-state index contributed by atoms with van der Waals surface area (Å²) in [6.07, 6.45) is -2.98. The average Bonchev–Trinajstić information content (AvgIpc) is 2.87. The molecule has 0 saturated carbocycles. The van der Waals surface area contributed by atoms with Gasteiger partial charge in [0.1, 0.15) is 5.69 Å². The standard InChI is InChI=1S/C16H10ClF3N2O2/c17-12-4-8(1-2-11(12)15(23)24)3-10-5-9-6-14(16(18,19)20)21-7-13(9)22-10/h1-2,4-7,22H,3H2,(H,23,24). The average molecular weight is 355 g/mol. The van der Waals surface area contributed by atoms with Gasteiger partial charge in [0.05, 0.1) is 22.3 Å². The molecule has 0 bridgehead atoms. The van der Waals surface area contributed by atoms with Gasteiger partial charge in [-0.05, 0) is 29.8 Å². The van der Waals surface area contributed by atoms with Gasteiger partial charge in [-0.3, -0.25) is 0 Å². The highest BCUT2D eigenvalue weighted by atomic mass is 35.5. The molecule has 0 atom stereocenters. The summed E-state index contributed by atoms with van der Waals surface area (Å²) >= 11 is 5.91. The smallest absolute Gasteiger partial charge is 0.433 e. The highest BCUT2D eigenvalue weighted by molar-refractivity contribution is 6.33. The summed E-state index contributed by atoms with van der Waals surface area (Å²) in [6.45, 7) is 0. The number of nitrogens with one attached hydrogen (secondary N) is 1. The second-order valence-corrected chi connectivity index (χ2v) is 5.65. The maximum Gasteiger partial charge on any atom is 0.433 e. The highest BCUT2D eigenvalue weighted by Gasteiger charge is 2.32. The van der Waals surface area contributed by atoms with Crippen LogP contribution in [-0.2, 0) is 12.6 Å². The molecule has 0 amide bonds. The highest BCUT2D eigenvalue weighted by Crippen LogP contribution is 2.30. The fourth-order valence-electron chi connectivity index (χ4n) is 2.40. The molecule has 1 aromatic carbocycles. The molecule has 3 aromatic rings. The van der Waals surface area contributed by atoms with Crippen LogP contribution in [0.1, 0.15) is 27.3 Å². The van der Waals surface area contributed by atoms with Gasteiger partial charge in [-0.15, -0.1) is 0 Å². The molecule has 3 rings (SSSR count). The number of halogens is 4. The molecule has 24 heavy (non-hydrogen) atoms. The van der Waals surface area contributed by atoms with Crippen molar-refractivity contribution in [2.75, 3.05) is 0 Å². The van der Waals surface area contributed by atoms with Crippen LogP contribution in [0, 0.1) is 0 Å². The first-order valence-electron chi connectivity index (χ1n) is 6.80. The maximum absolute atomic E-state index is 12.7. The van der Waals surface area contributed by atoms with Crippen molar-refractivity contribution in [3.63, 3.8) is 0 Å². The van der Waals surface area contributed by atoms with Crippen LogP contribution < -0.4 is 0 Å². The number of fused-ring (bicyclic) bond motifs is 1. The van der Waals surface area contributed by atoms with Gasteiger partial charge in [-0.2, -0.15) is 13.2 Å². The van der Waals surface area contributed by atoms with E-state index in [0.29, 0.717) is 23.0 Å². The largest absolute Gasteiger partial charge is 0.478 e.